The summed E-state index contributed by atoms with van der Waals surface area (Å²) >= 11 is 0. The van der Waals surface area contributed by atoms with Crippen molar-refractivity contribution in [3.05, 3.63) is 18.0 Å². The number of halogens is 3. The molecule has 0 radical (unpaired) electrons. The van der Waals surface area contributed by atoms with Gasteiger partial charge in [0.2, 0.25) is 0 Å². The predicted molar refractivity (Wildman–Crippen MR) is 67.7 cm³/mol. The highest BCUT2D eigenvalue weighted by Gasteiger charge is 2.21. The number of rotatable bonds is 7. The van der Waals surface area contributed by atoms with Crippen molar-refractivity contribution in [1.82, 2.24) is 9.88 Å². The van der Waals surface area contributed by atoms with E-state index in [9.17, 15) is 22.0 Å². The van der Waals surface area contributed by atoms with Crippen molar-refractivity contribution >= 4 is 25.6 Å². The molecule has 0 aliphatic rings. The fourth-order valence-electron chi connectivity index (χ4n) is 1.46. The Labute approximate surface area is 119 Å². The lowest BCUT2D eigenvalue weighted by Crippen LogP contribution is -2.29. The quantitative estimate of drug-likeness (QED) is 0.599. The summed E-state index contributed by atoms with van der Waals surface area (Å²) in [5.41, 5.74) is -0.208. The minimum atomic E-state index is -4.10. The van der Waals surface area contributed by atoms with E-state index in [0.717, 1.165) is 16.8 Å². The summed E-state index contributed by atoms with van der Waals surface area (Å²) in [6.45, 7) is -0.403. The van der Waals surface area contributed by atoms with Gasteiger partial charge in [-0.1, -0.05) is 0 Å². The van der Waals surface area contributed by atoms with Gasteiger partial charge in [-0.2, -0.15) is 0 Å². The van der Waals surface area contributed by atoms with Crippen LogP contribution in [0.3, 0.4) is 0 Å². The van der Waals surface area contributed by atoms with Crippen molar-refractivity contribution in [3.8, 4) is 0 Å². The van der Waals surface area contributed by atoms with E-state index in [-0.39, 0.29) is 18.8 Å². The molecule has 0 fully saturated rings. The van der Waals surface area contributed by atoms with Crippen LogP contribution in [0.4, 0.5) is 8.78 Å². The molecule has 1 rings (SSSR count). The van der Waals surface area contributed by atoms with Gasteiger partial charge in [0.05, 0.1) is 13.2 Å². The minimum Gasteiger partial charge on any atom is -0.383 e. The number of nitrogens with one attached hydrogen (secondary N) is 1. The maximum Gasteiger partial charge on any atom is 0.268 e. The van der Waals surface area contributed by atoms with Crippen LogP contribution in [0.1, 0.15) is 10.5 Å². The first-order valence-electron chi connectivity index (χ1n) is 5.46. The molecule has 0 atom stereocenters. The van der Waals surface area contributed by atoms with Gasteiger partial charge in [0.1, 0.15) is 10.6 Å². The molecule has 0 spiro atoms. The SMILES string of the molecule is COCCNC(=O)c1cc(S(=O)(=O)Cl)cn1CC(F)F. The van der Waals surface area contributed by atoms with Crippen LogP contribution < -0.4 is 5.32 Å². The fourth-order valence-corrected chi connectivity index (χ4v) is 2.22. The topological polar surface area (TPSA) is 77.4 Å². The molecule has 0 saturated carbocycles. The molecule has 0 aromatic carbocycles. The van der Waals surface area contributed by atoms with Gasteiger partial charge >= 0.3 is 0 Å². The Kier molecular flexibility index (Phi) is 5.90. The Balaban J connectivity index is 3.02. The minimum absolute atomic E-state index is 0.165. The third-order valence-corrected chi connectivity index (χ3v) is 3.63. The molecule has 0 aliphatic heterocycles. The van der Waals surface area contributed by atoms with Gasteiger partial charge in [-0.3, -0.25) is 4.79 Å². The van der Waals surface area contributed by atoms with Crippen LogP contribution in [0.25, 0.3) is 0 Å². The van der Waals surface area contributed by atoms with Crippen LogP contribution in [0, 0.1) is 0 Å². The van der Waals surface area contributed by atoms with Gasteiger partial charge in [-0.05, 0) is 6.07 Å². The van der Waals surface area contributed by atoms with Crippen molar-refractivity contribution in [2.45, 2.75) is 17.9 Å². The van der Waals surface area contributed by atoms with Gasteiger partial charge < -0.3 is 14.6 Å². The third kappa shape index (κ3) is 4.73. The molecule has 0 saturated heterocycles. The molecule has 6 nitrogen and oxygen atoms in total. The van der Waals surface area contributed by atoms with Crippen molar-refractivity contribution in [1.29, 1.82) is 0 Å². The maximum atomic E-state index is 12.4. The van der Waals surface area contributed by atoms with Gasteiger partial charge in [-0.15, -0.1) is 0 Å². The van der Waals surface area contributed by atoms with Crippen LogP contribution in [0.15, 0.2) is 17.2 Å². The number of ether oxygens (including phenoxy) is 1. The molecule has 114 valence electrons. The van der Waals surface area contributed by atoms with Gasteiger partial charge in [0.15, 0.2) is 0 Å². The molecular formula is C10H13ClF2N2O4S. The average Bonchev–Trinajstić information content (AvgIpc) is 2.72. The number of nitrogens with zero attached hydrogens (tertiary/aromatic N) is 1. The van der Waals surface area contributed by atoms with Gasteiger partial charge in [0, 0.05) is 30.5 Å². The number of amides is 1. The molecule has 0 bridgehead atoms. The molecule has 1 amide bonds. The van der Waals surface area contributed by atoms with Crippen molar-refractivity contribution < 1.29 is 26.7 Å². The van der Waals surface area contributed by atoms with Gasteiger partial charge in [0.25, 0.3) is 21.4 Å². The van der Waals surface area contributed by atoms with E-state index in [1.54, 1.807) is 0 Å². The summed E-state index contributed by atoms with van der Waals surface area (Å²) in [7, 11) is 2.47. The van der Waals surface area contributed by atoms with E-state index in [4.69, 9.17) is 15.4 Å². The molecule has 1 aromatic rings. The smallest absolute Gasteiger partial charge is 0.268 e. The van der Waals surface area contributed by atoms with E-state index in [1.807, 2.05) is 0 Å². The molecule has 1 aromatic heterocycles. The maximum absolute atomic E-state index is 12.4. The largest absolute Gasteiger partial charge is 0.383 e. The highest BCUT2D eigenvalue weighted by molar-refractivity contribution is 8.13. The number of alkyl halides is 2. The zero-order valence-corrected chi connectivity index (χ0v) is 12.0. The highest BCUT2D eigenvalue weighted by Crippen LogP contribution is 2.19. The number of methoxy groups -OCH3 is 1. The molecular weight excluding hydrogens is 318 g/mol. The van der Waals surface area contributed by atoms with Gasteiger partial charge in [-0.25, -0.2) is 17.2 Å². The Morgan fingerprint density at radius 3 is 2.70 bits per heavy atom. The second kappa shape index (κ2) is 7.00. The van der Waals surface area contributed by atoms with E-state index in [0.29, 0.717) is 0 Å². The zero-order valence-electron chi connectivity index (χ0n) is 10.5. The number of hydrogen-bond donors (Lipinski definition) is 1. The third-order valence-electron chi connectivity index (χ3n) is 2.31. The van der Waals surface area contributed by atoms with Crippen LogP contribution >= 0.6 is 10.7 Å². The van der Waals surface area contributed by atoms with Crippen LogP contribution in [-0.4, -0.2) is 45.6 Å². The zero-order chi connectivity index (χ0) is 15.3. The monoisotopic (exact) mass is 330 g/mol. The number of carbonyl (C=O) groups excluding carboxylic acids is 1. The number of carbonyl (C=O) groups is 1. The molecule has 0 unspecified atom stereocenters. The van der Waals surface area contributed by atoms with Crippen molar-refractivity contribution in [3.63, 3.8) is 0 Å². The summed E-state index contributed by atoms with van der Waals surface area (Å²) < 4.78 is 52.8. The van der Waals surface area contributed by atoms with E-state index < -0.39 is 32.8 Å². The number of hydrogen-bond acceptors (Lipinski definition) is 4. The highest BCUT2D eigenvalue weighted by atomic mass is 35.7. The van der Waals surface area contributed by atoms with Crippen molar-refractivity contribution in [2.24, 2.45) is 0 Å². The lowest BCUT2D eigenvalue weighted by atomic mass is 10.4. The standard InChI is InChI=1S/C10H13ClF2N2O4S/c1-19-3-2-14-10(16)8-4-7(20(11,17)18)5-15(8)6-9(12)13/h4-5,9H,2-3,6H2,1H3,(H,14,16). The fraction of sp³-hybridized carbons (Fsp3) is 0.500. The molecule has 1 heterocycles. The second-order valence-corrected chi connectivity index (χ2v) is 6.36. The van der Waals surface area contributed by atoms with Crippen LogP contribution in [0.5, 0.6) is 0 Å². The second-order valence-electron chi connectivity index (χ2n) is 3.79. The number of aromatic nitrogens is 1. The lowest BCUT2D eigenvalue weighted by molar-refractivity contribution is 0.0914. The Bertz CT molecular complexity index is 574. The Hall–Kier alpha value is -1.19. The summed E-state index contributed by atoms with van der Waals surface area (Å²) in [6, 6.07) is 0.951. The summed E-state index contributed by atoms with van der Waals surface area (Å²) in [5, 5.41) is 2.41. The van der Waals surface area contributed by atoms with Crippen LogP contribution in [-0.2, 0) is 20.3 Å². The van der Waals surface area contributed by atoms with E-state index in [2.05, 4.69) is 5.32 Å². The van der Waals surface area contributed by atoms with Crippen LogP contribution in [0.2, 0.25) is 0 Å². The first-order valence-corrected chi connectivity index (χ1v) is 7.76. The summed E-state index contributed by atoms with van der Waals surface area (Å²) in [5.74, 6) is -0.686. The summed E-state index contributed by atoms with van der Waals surface area (Å²) in [6.07, 6.45) is -1.83. The Morgan fingerprint density at radius 1 is 1.55 bits per heavy atom. The lowest BCUT2D eigenvalue weighted by Gasteiger charge is -2.08. The van der Waals surface area contributed by atoms with E-state index >= 15 is 0 Å². The predicted octanol–water partition coefficient (Wildman–Crippen LogP) is 1.06. The summed E-state index contributed by atoms with van der Waals surface area (Å²) in [4.78, 5) is 11.4. The first-order chi connectivity index (χ1) is 9.25. The van der Waals surface area contributed by atoms with Crippen molar-refractivity contribution in [2.75, 3.05) is 20.3 Å². The first kappa shape index (κ1) is 16.9. The molecule has 10 heteroatoms. The molecule has 0 aliphatic carbocycles. The normalized spacial score (nSPS) is 11.8. The molecule has 1 N–H and O–H groups in total. The Morgan fingerprint density at radius 2 is 2.20 bits per heavy atom. The molecule has 20 heavy (non-hydrogen) atoms. The average molecular weight is 331 g/mol. The van der Waals surface area contributed by atoms with E-state index in [1.165, 1.54) is 7.11 Å².